The Morgan fingerprint density at radius 3 is 2.52 bits per heavy atom. The molecule has 0 radical (unpaired) electrons. The maximum atomic E-state index is 6.38. The molecular formula is C15H15BrClNO2S. The lowest BCUT2D eigenvalue weighted by Gasteiger charge is -2.15. The monoisotopic (exact) mass is 387 g/mol. The number of aryl methyl sites for hydroxylation is 1. The lowest BCUT2D eigenvalue weighted by atomic mass is 10.0. The van der Waals surface area contributed by atoms with Crippen LogP contribution >= 0.6 is 38.9 Å². The van der Waals surface area contributed by atoms with Gasteiger partial charge in [-0.05, 0) is 46.1 Å². The van der Waals surface area contributed by atoms with Crippen LogP contribution in [0.3, 0.4) is 0 Å². The Hall–Kier alpha value is -0.750. The fraction of sp³-hybridized carbons (Fsp3) is 0.333. The normalized spacial score (nSPS) is 15.6. The van der Waals surface area contributed by atoms with Crippen molar-refractivity contribution >= 4 is 38.9 Å². The molecule has 2 aromatic rings. The maximum absolute atomic E-state index is 6.38. The van der Waals surface area contributed by atoms with E-state index in [0.717, 1.165) is 26.4 Å². The number of hydrogen-bond donors (Lipinski definition) is 1. The lowest BCUT2D eigenvalue weighted by Crippen LogP contribution is -2.11. The molecule has 1 unspecified atom stereocenters. The van der Waals surface area contributed by atoms with E-state index in [9.17, 15) is 0 Å². The van der Waals surface area contributed by atoms with Crippen LogP contribution in [0.4, 0.5) is 0 Å². The highest BCUT2D eigenvalue weighted by Crippen LogP contribution is 2.40. The molecule has 1 atom stereocenters. The quantitative estimate of drug-likeness (QED) is 0.812. The average Bonchev–Trinajstić information content (AvgIpc) is 2.66. The lowest BCUT2D eigenvalue weighted by molar-refractivity contribution is 0.297. The molecule has 1 aliphatic heterocycles. The molecule has 1 aromatic heterocycles. The van der Waals surface area contributed by atoms with Crippen LogP contribution in [-0.2, 0) is 0 Å². The Balaban J connectivity index is 1.99. The molecule has 0 fully saturated rings. The highest BCUT2D eigenvalue weighted by atomic mass is 79.9. The van der Waals surface area contributed by atoms with E-state index < -0.39 is 0 Å². The van der Waals surface area contributed by atoms with Gasteiger partial charge in [-0.25, -0.2) is 0 Å². The number of benzene rings is 1. The summed E-state index contributed by atoms with van der Waals surface area (Å²) in [6.45, 7) is 3.34. The van der Waals surface area contributed by atoms with E-state index in [0.29, 0.717) is 24.0 Å². The number of nitrogens with two attached hydrogens (primary N) is 1. The first-order valence-corrected chi connectivity index (χ1v) is 8.65. The first-order valence-electron chi connectivity index (χ1n) is 6.66. The third-order valence-electron chi connectivity index (χ3n) is 3.38. The molecule has 1 aromatic carbocycles. The van der Waals surface area contributed by atoms with Gasteiger partial charge in [-0.2, -0.15) is 0 Å². The first kappa shape index (κ1) is 15.2. The third kappa shape index (κ3) is 3.06. The van der Waals surface area contributed by atoms with Crippen molar-refractivity contribution < 1.29 is 9.47 Å². The van der Waals surface area contributed by atoms with E-state index in [1.165, 1.54) is 5.56 Å². The van der Waals surface area contributed by atoms with Crippen molar-refractivity contribution in [2.24, 2.45) is 5.73 Å². The summed E-state index contributed by atoms with van der Waals surface area (Å²) in [7, 11) is 0. The van der Waals surface area contributed by atoms with Gasteiger partial charge in [-0.3, -0.25) is 0 Å². The highest BCUT2D eigenvalue weighted by molar-refractivity contribution is 9.11. The van der Waals surface area contributed by atoms with Gasteiger partial charge in [0.1, 0.15) is 0 Å². The van der Waals surface area contributed by atoms with Crippen molar-refractivity contribution in [3.05, 3.63) is 43.0 Å². The zero-order chi connectivity index (χ0) is 15.0. The van der Waals surface area contributed by atoms with E-state index in [4.69, 9.17) is 26.8 Å². The average molecular weight is 389 g/mol. The number of hydrogen-bond acceptors (Lipinski definition) is 4. The molecule has 21 heavy (non-hydrogen) atoms. The minimum absolute atomic E-state index is 0.273. The van der Waals surface area contributed by atoms with Gasteiger partial charge in [-0.1, -0.05) is 11.6 Å². The van der Waals surface area contributed by atoms with E-state index in [1.807, 2.05) is 13.0 Å². The van der Waals surface area contributed by atoms with E-state index in [-0.39, 0.29) is 6.04 Å². The number of thiophene rings is 1. The predicted molar refractivity (Wildman–Crippen MR) is 89.8 cm³/mol. The second-order valence-corrected chi connectivity index (χ2v) is 7.76. The molecular weight excluding hydrogens is 374 g/mol. The van der Waals surface area contributed by atoms with E-state index in [2.05, 4.69) is 22.0 Å². The van der Waals surface area contributed by atoms with Crippen molar-refractivity contribution in [3.63, 3.8) is 0 Å². The Bertz CT molecular complexity index is 654. The fourth-order valence-electron chi connectivity index (χ4n) is 2.23. The zero-order valence-corrected chi connectivity index (χ0v) is 14.6. The SMILES string of the molecule is Cc1cc(C(N)c2cc3c(cc2Cl)OCCCO3)sc1Br. The molecule has 6 heteroatoms. The molecule has 0 aliphatic carbocycles. The van der Waals surface area contributed by atoms with Gasteiger partial charge in [0.25, 0.3) is 0 Å². The highest BCUT2D eigenvalue weighted by Gasteiger charge is 2.20. The molecule has 2 N–H and O–H groups in total. The van der Waals surface area contributed by atoms with Crippen molar-refractivity contribution in [1.82, 2.24) is 0 Å². The fourth-order valence-corrected chi connectivity index (χ4v) is 4.09. The summed E-state index contributed by atoms with van der Waals surface area (Å²) >= 11 is 11.5. The smallest absolute Gasteiger partial charge is 0.162 e. The predicted octanol–water partition coefficient (Wildman–Crippen LogP) is 4.68. The minimum atomic E-state index is -0.273. The molecule has 0 bridgehead atoms. The van der Waals surface area contributed by atoms with Crippen molar-refractivity contribution in [2.45, 2.75) is 19.4 Å². The Labute approximate surface area is 141 Å². The molecule has 112 valence electrons. The standard InChI is InChI=1S/C15H15BrClNO2S/c1-8-5-13(21-15(8)16)14(18)9-6-11-12(7-10(9)17)20-4-2-3-19-11/h5-7,14H,2-4,18H2,1H3. The van der Waals surface area contributed by atoms with Gasteiger partial charge in [-0.15, -0.1) is 11.3 Å². The largest absolute Gasteiger partial charge is 0.490 e. The minimum Gasteiger partial charge on any atom is -0.490 e. The van der Waals surface area contributed by atoms with Gasteiger partial charge in [0.15, 0.2) is 11.5 Å². The van der Waals surface area contributed by atoms with Gasteiger partial charge in [0.2, 0.25) is 0 Å². The van der Waals surface area contributed by atoms with Gasteiger partial charge in [0, 0.05) is 22.4 Å². The number of rotatable bonds is 2. The molecule has 1 aliphatic rings. The van der Waals surface area contributed by atoms with Crippen LogP contribution < -0.4 is 15.2 Å². The summed E-state index contributed by atoms with van der Waals surface area (Å²) in [4.78, 5) is 1.07. The van der Waals surface area contributed by atoms with Gasteiger partial charge >= 0.3 is 0 Å². The second-order valence-electron chi connectivity index (χ2n) is 4.95. The van der Waals surface area contributed by atoms with Gasteiger partial charge in [0.05, 0.1) is 23.0 Å². The Morgan fingerprint density at radius 1 is 1.24 bits per heavy atom. The molecule has 0 amide bonds. The van der Waals surface area contributed by atoms with Crippen LogP contribution in [0, 0.1) is 6.92 Å². The Kier molecular flexibility index (Phi) is 4.45. The third-order valence-corrected chi connectivity index (χ3v) is 5.93. The van der Waals surface area contributed by atoms with Crippen molar-refractivity contribution in [1.29, 1.82) is 0 Å². The molecule has 0 saturated heterocycles. The summed E-state index contributed by atoms with van der Waals surface area (Å²) in [5.74, 6) is 1.41. The number of halogens is 2. The zero-order valence-electron chi connectivity index (χ0n) is 11.5. The summed E-state index contributed by atoms with van der Waals surface area (Å²) in [5, 5.41) is 0.605. The first-order chi connectivity index (χ1) is 10.1. The van der Waals surface area contributed by atoms with E-state index in [1.54, 1.807) is 17.4 Å². The number of ether oxygens (including phenoxy) is 2. The topological polar surface area (TPSA) is 44.5 Å². The summed E-state index contributed by atoms with van der Waals surface area (Å²) in [6, 6.07) is 5.51. The number of fused-ring (bicyclic) bond motifs is 1. The summed E-state index contributed by atoms with van der Waals surface area (Å²) in [5.41, 5.74) is 8.41. The summed E-state index contributed by atoms with van der Waals surface area (Å²) < 4.78 is 12.4. The van der Waals surface area contributed by atoms with Crippen LogP contribution in [0.25, 0.3) is 0 Å². The van der Waals surface area contributed by atoms with Crippen LogP contribution in [0.1, 0.15) is 28.5 Å². The Morgan fingerprint density at radius 2 is 1.90 bits per heavy atom. The van der Waals surface area contributed by atoms with Crippen LogP contribution in [0.2, 0.25) is 5.02 Å². The molecule has 0 saturated carbocycles. The van der Waals surface area contributed by atoms with Crippen molar-refractivity contribution in [2.75, 3.05) is 13.2 Å². The van der Waals surface area contributed by atoms with Crippen molar-refractivity contribution in [3.8, 4) is 11.5 Å². The van der Waals surface area contributed by atoms with Crippen LogP contribution in [-0.4, -0.2) is 13.2 Å². The molecule has 0 spiro atoms. The molecule has 2 heterocycles. The van der Waals surface area contributed by atoms with Crippen LogP contribution in [0.15, 0.2) is 22.0 Å². The second kappa shape index (κ2) is 6.16. The van der Waals surface area contributed by atoms with Gasteiger partial charge < -0.3 is 15.2 Å². The summed E-state index contributed by atoms with van der Waals surface area (Å²) in [6.07, 6.45) is 0.866. The molecule has 3 nitrogen and oxygen atoms in total. The van der Waals surface area contributed by atoms with E-state index >= 15 is 0 Å². The maximum Gasteiger partial charge on any atom is 0.162 e. The van der Waals surface area contributed by atoms with Crippen LogP contribution in [0.5, 0.6) is 11.5 Å². The molecule has 3 rings (SSSR count).